The molecule has 0 unspecified atom stereocenters. The van der Waals surface area contributed by atoms with Crippen molar-refractivity contribution < 1.29 is 14.2 Å². The van der Waals surface area contributed by atoms with Gasteiger partial charge in [-0.2, -0.15) is 0 Å². The average Bonchev–Trinajstić information content (AvgIpc) is 2.37. The molecule has 1 N–H and O–H groups in total. The summed E-state index contributed by atoms with van der Waals surface area (Å²) in [4.78, 5) is 2.27. The summed E-state index contributed by atoms with van der Waals surface area (Å²) < 4.78 is 18.2. The van der Waals surface area contributed by atoms with Crippen molar-refractivity contribution in [3.8, 4) is 5.75 Å². The summed E-state index contributed by atoms with van der Waals surface area (Å²) >= 11 is 0. The topological polar surface area (TPSA) is 32.7 Å². The summed E-state index contributed by atoms with van der Waals surface area (Å²) in [5.74, 6) is 0.458. The third-order valence-corrected chi connectivity index (χ3v) is 3.18. The molecule has 0 bridgehead atoms. The number of likely N-dealkylation sites (tertiary alicyclic amines) is 1. The zero-order valence-corrected chi connectivity index (χ0v) is 10.5. The third kappa shape index (κ3) is 4.27. The largest absolute Gasteiger partial charge is 0.494 e. The first-order chi connectivity index (χ1) is 8.74. The Morgan fingerprint density at radius 2 is 2.11 bits per heavy atom. The lowest BCUT2D eigenvalue weighted by atomic mass is 10.1. The highest BCUT2D eigenvalue weighted by Gasteiger charge is 2.16. The monoisotopic (exact) mass is 253 g/mol. The van der Waals surface area contributed by atoms with Crippen molar-refractivity contribution in [1.29, 1.82) is 0 Å². The molecule has 4 heteroatoms. The van der Waals surface area contributed by atoms with Gasteiger partial charge in [-0.15, -0.1) is 0 Å². The van der Waals surface area contributed by atoms with Crippen molar-refractivity contribution in [2.45, 2.75) is 25.4 Å². The molecule has 1 heterocycles. The van der Waals surface area contributed by atoms with E-state index in [0.717, 1.165) is 38.9 Å². The highest BCUT2D eigenvalue weighted by atomic mass is 19.1. The predicted molar refractivity (Wildman–Crippen MR) is 68.2 cm³/mol. The lowest BCUT2D eigenvalue weighted by Crippen LogP contribution is -2.39. The summed E-state index contributed by atoms with van der Waals surface area (Å²) in [6.07, 6.45) is 2.74. The molecule has 2 rings (SSSR count). The molecule has 100 valence electrons. The van der Waals surface area contributed by atoms with Crippen LogP contribution in [0.15, 0.2) is 24.3 Å². The summed E-state index contributed by atoms with van der Waals surface area (Å²) in [7, 11) is 0. The van der Waals surface area contributed by atoms with E-state index in [1.54, 1.807) is 12.1 Å². The predicted octanol–water partition coefficient (Wildman–Crippen LogP) is 2.05. The van der Waals surface area contributed by atoms with E-state index in [-0.39, 0.29) is 11.9 Å². The van der Waals surface area contributed by atoms with Gasteiger partial charge in [0.05, 0.1) is 12.7 Å². The van der Waals surface area contributed by atoms with Gasteiger partial charge >= 0.3 is 0 Å². The summed E-state index contributed by atoms with van der Waals surface area (Å²) in [5, 5.41) is 9.53. The molecule has 1 aromatic carbocycles. The van der Waals surface area contributed by atoms with E-state index in [2.05, 4.69) is 4.90 Å². The number of rotatable bonds is 5. The Morgan fingerprint density at radius 3 is 2.83 bits per heavy atom. The molecular formula is C14H20FNO2. The molecule has 1 atom stereocenters. The fourth-order valence-electron chi connectivity index (χ4n) is 2.24. The molecule has 1 aliphatic rings. The Balaban J connectivity index is 1.62. The maximum absolute atomic E-state index is 12.7. The number of nitrogens with zero attached hydrogens (tertiary/aromatic N) is 1. The van der Waals surface area contributed by atoms with Crippen LogP contribution in [0, 0.1) is 5.82 Å². The maximum Gasteiger partial charge on any atom is 0.123 e. The minimum absolute atomic E-state index is 0.170. The molecule has 0 aromatic heterocycles. The molecule has 3 nitrogen and oxygen atoms in total. The molecule has 18 heavy (non-hydrogen) atoms. The van der Waals surface area contributed by atoms with E-state index in [4.69, 9.17) is 4.74 Å². The number of ether oxygens (including phenoxy) is 1. The van der Waals surface area contributed by atoms with Crippen LogP contribution in [0.25, 0.3) is 0 Å². The third-order valence-electron chi connectivity index (χ3n) is 3.18. The van der Waals surface area contributed by atoms with Crippen LogP contribution in [0.3, 0.4) is 0 Å². The second-order valence-corrected chi connectivity index (χ2v) is 4.75. The van der Waals surface area contributed by atoms with Crippen LogP contribution in [0.1, 0.15) is 19.3 Å². The fourth-order valence-corrected chi connectivity index (χ4v) is 2.24. The smallest absolute Gasteiger partial charge is 0.123 e. The molecule has 1 fully saturated rings. The van der Waals surface area contributed by atoms with Crippen LogP contribution in [-0.2, 0) is 0 Å². The number of piperidine rings is 1. The Bertz CT molecular complexity index is 355. The van der Waals surface area contributed by atoms with Gasteiger partial charge in [0.15, 0.2) is 0 Å². The quantitative estimate of drug-likeness (QED) is 0.815. The van der Waals surface area contributed by atoms with Crippen LogP contribution in [0.4, 0.5) is 4.39 Å². The summed E-state index contributed by atoms with van der Waals surface area (Å²) in [6.45, 7) is 3.40. The van der Waals surface area contributed by atoms with Crippen LogP contribution < -0.4 is 4.74 Å². The highest BCUT2D eigenvalue weighted by Crippen LogP contribution is 2.12. The van der Waals surface area contributed by atoms with Gasteiger partial charge in [0.25, 0.3) is 0 Å². The van der Waals surface area contributed by atoms with Crippen LogP contribution >= 0.6 is 0 Å². The Morgan fingerprint density at radius 1 is 1.33 bits per heavy atom. The lowest BCUT2D eigenvalue weighted by Gasteiger charge is -2.29. The minimum atomic E-state index is -0.246. The SMILES string of the molecule is O[C@H]1CCCN(CCCOc2ccc(F)cc2)C1. The van der Waals surface area contributed by atoms with E-state index in [0.29, 0.717) is 12.4 Å². The molecule has 1 saturated heterocycles. The van der Waals surface area contributed by atoms with E-state index in [9.17, 15) is 9.50 Å². The molecule has 0 amide bonds. The van der Waals surface area contributed by atoms with Gasteiger partial charge in [0.2, 0.25) is 0 Å². The second-order valence-electron chi connectivity index (χ2n) is 4.75. The number of aliphatic hydroxyl groups is 1. The Hall–Kier alpha value is -1.13. The van der Waals surface area contributed by atoms with E-state index in [1.165, 1.54) is 12.1 Å². The number of β-amino-alcohol motifs (C(OH)–C–C–N with tert-alkyl or cyclic N) is 1. The van der Waals surface area contributed by atoms with Crippen LogP contribution in [0.2, 0.25) is 0 Å². The summed E-state index contributed by atoms with van der Waals surface area (Å²) in [5.41, 5.74) is 0. The molecular weight excluding hydrogens is 233 g/mol. The van der Waals surface area contributed by atoms with Crippen molar-refractivity contribution in [3.63, 3.8) is 0 Å². The second kappa shape index (κ2) is 6.71. The van der Waals surface area contributed by atoms with Gasteiger partial charge in [-0.25, -0.2) is 4.39 Å². The molecule has 1 aliphatic heterocycles. The van der Waals surface area contributed by atoms with Gasteiger partial charge in [0, 0.05) is 13.1 Å². The van der Waals surface area contributed by atoms with E-state index >= 15 is 0 Å². The molecule has 0 spiro atoms. The number of benzene rings is 1. The van der Waals surface area contributed by atoms with E-state index in [1.807, 2.05) is 0 Å². The first-order valence-electron chi connectivity index (χ1n) is 6.53. The number of halogens is 1. The molecule has 0 saturated carbocycles. The Labute approximate surface area is 107 Å². The Kier molecular flexibility index (Phi) is 4.96. The molecule has 1 aromatic rings. The average molecular weight is 253 g/mol. The zero-order valence-electron chi connectivity index (χ0n) is 10.5. The van der Waals surface area contributed by atoms with E-state index < -0.39 is 0 Å². The molecule has 0 radical (unpaired) electrons. The van der Waals surface area contributed by atoms with Crippen molar-refractivity contribution in [2.24, 2.45) is 0 Å². The number of aliphatic hydroxyl groups excluding tert-OH is 1. The first kappa shape index (κ1) is 13.3. The fraction of sp³-hybridized carbons (Fsp3) is 0.571. The standard InChI is InChI=1S/C14H20FNO2/c15-12-4-6-14(7-5-12)18-10-2-9-16-8-1-3-13(17)11-16/h4-7,13,17H,1-3,8-11H2/t13-/m0/s1. The van der Waals surface area contributed by atoms with Crippen molar-refractivity contribution in [1.82, 2.24) is 4.90 Å². The normalized spacial score (nSPS) is 20.9. The van der Waals surface area contributed by atoms with Crippen molar-refractivity contribution in [2.75, 3.05) is 26.2 Å². The highest BCUT2D eigenvalue weighted by molar-refractivity contribution is 5.21. The summed E-state index contributed by atoms with van der Waals surface area (Å²) in [6, 6.07) is 6.08. The number of hydrogen-bond donors (Lipinski definition) is 1. The number of hydrogen-bond acceptors (Lipinski definition) is 3. The maximum atomic E-state index is 12.7. The first-order valence-corrected chi connectivity index (χ1v) is 6.53. The van der Waals surface area contributed by atoms with Gasteiger partial charge in [-0.05, 0) is 50.1 Å². The van der Waals surface area contributed by atoms with Gasteiger partial charge in [-0.1, -0.05) is 0 Å². The van der Waals surface area contributed by atoms with Crippen LogP contribution in [0.5, 0.6) is 5.75 Å². The van der Waals surface area contributed by atoms with Gasteiger partial charge in [-0.3, -0.25) is 0 Å². The van der Waals surface area contributed by atoms with Crippen molar-refractivity contribution >= 4 is 0 Å². The minimum Gasteiger partial charge on any atom is -0.494 e. The van der Waals surface area contributed by atoms with Crippen LogP contribution in [-0.4, -0.2) is 42.4 Å². The van der Waals surface area contributed by atoms with Gasteiger partial charge < -0.3 is 14.7 Å². The molecule has 0 aliphatic carbocycles. The zero-order chi connectivity index (χ0) is 12.8. The van der Waals surface area contributed by atoms with Crippen molar-refractivity contribution in [3.05, 3.63) is 30.1 Å². The van der Waals surface area contributed by atoms with Gasteiger partial charge in [0.1, 0.15) is 11.6 Å². The lowest BCUT2D eigenvalue weighted by molar-refractivity contribution is 0.0679.